The third-order valence-electron chi connectivity index (χ3n) is 4.94. The number of fused-ring (bicyclic) bond motifs is 1. The van der Waals surface area contributed by atoms with E-state index in [1.54, 1.807) is 6.07 Å². The van der Waals surface area contributed by atoms with Crippen LogP contribution in [0.5, 0.6) is 0 Å². The first kappa shape index (κ1) is 18.0. The smallest absolute Gasteiger partial charge is 0.329 e. The highest BCUT2D eigenvalue weighted by molar-refractivity contribution is 5.32. The van der Waals surface area contributed by atoms with Crippen molar-refractivity contribution >= 4 is 0 Å². The van der Waals surface area contributed by atoms with Gasteiger partial charge in [-0.25, -0.2) is 0 Å². The van der Waals surface area contributed by atoms with E-state index in [1.807, 2.05) is 12.1 Å². The van der Waals surface area contributed by atoms with Gasteiger partial charge >= 0.3 is 6.18 Å². The Kier molecular flexibility index (Phi) is 5.45. The van der Waals surface area contributed by atoms with Crippen LogP contribution >= 0.6 is 0 Å². The maximum absolute atomic E-state index is 13.1. The first-order valence-corrected chi connectivity index (χ1v) is 8.62. The van der Waals surface area contributed by atoms with Crippen molar-refractivity contribution in [2.45, 2.75) is 38.0 Å². The summed E-state index contributed by atoms with van der Waals surface area (Å²) in [5, 5.41) is 3.23. The molecule has 1 aliphatic rings. The number of nitrogens with two attached hydrogens (primary N) is 1. The van der Waals surface area contributed by atoms with Gasteiger partial charge in [0.15, 0.2) is 0 Å². The minimum absolute atomic E-state index is 0.0144. The molecule has 2 nitrogen and oxygen atoms in total. The molecule has 0 saturated carbocycles. The van der Waals surface area contributed by atoms with Crippen LogP contribution < -0.4 is 11.1 Å². The van der Waals surface area contributed by atoms with Gasteiger partial charge in [0.1, 0.15) is 0 Å². The predicted octanol–water partition coefficient (Wildman–Crippen LogP) is 3.93. The third-order valence-corrected chi connectivity index (χ3v) is 4.94. The monoisotopic (exact) mass is 348 g/mol. The van der Waals surface area contributed by atoms with Crippen molar-refractivity contribution in [3.05, 3.63) is 70.8 Å². The van der Waals surface area contributed by atoms with Crippen LogP contribution in [0.25, 0.3) is 0 Å². The van der Waals surface area contributed by atoms with E-state index in [2.05, 4.69) is 17.4 Å². The normalized spacial score (nSPS) is 16.0. The largest absolute Gasteiger partial charge is 0.416 e. The Hall–Kier alpha value is -1.85. The summed E-state index contributed by atoms with van der Waals surface area (Å²) in [5.41, 5.74) is 8.31. The number of benzene rings is 2. The minimum Gasteiger partial charge on any atom is -0.329 e. The van der Waals surface area contributed by atoms with E-state index < -0.39 is 11.7 Å². The summed E-state index contributed by atoms with van der Waals surface area (Å²) < 4.78 is 39.2. The number of hydrogen-bond donors (Lipinski definition) is 2. The molecular formula is C20H23F3N2. The van der Waals surface area contributed by atoms with Gasteiger partial charge in [0.25, 0.3) is 0 Å². The summed E-state index contributed by atoms with van der Waals surface area (Å²) in [6.45, 7) is 0.595. The van der Waals surface area contributed by atoms with Crippen LogP contribution in [0.15, 0.2) is 48.5 Å². The van der Waals surface area contributed by atoms with E-state index in [4.69, 9.17) is 5.73 Å². The van der Waals surface area contributed by atoms with E-state index in [0.29, 0.717) is 12.5 Å². The van der Waals surface area contributed by atoms with E-state index in [1.165, 1.54) is 23.3 Å². The van der Waals surface area contributed by atoms with Crippen LogP contribution in [-0.2, 0) is 25.6 Å². The first-order valence-electron chi connectivity index (χ1n) is 8.62. The molecule has 3 N–H and O–H groups in total. The molecule has 1 atom stereocenters. The quantitative estimate of drug-likeness (QED) is 0.830. The fraction of sp³-hybridized carbons (Fsp3) is 0.400. The van der Waals surface area contributed by atoms with Gasteiger partial charge in [-0.2, -0.15) is 13.2 Å². The molecule has 0 spiro atoms. The van der Waals surface area contributed by atoms with Crippen molar-refractivity contribution in [2.24, 2.45) is 11.7 Å². The van der Waals surface area contributed by atoms with Crippen LogP contribution in [0.2, 0.25) is 0 Å². The number of nitrogens with one attached hydrogen (secondary N) is 1. The summed E-state index contributed by atoms with van der Waals surface area (Å²) in [6.07, 6.45) is -1.41. The summed E-state index contributed by atoms with van der Waals surface area (Å²) in [7, 11) is 0. The van der Waals surface area contributed by atoms with E-state index in [0.717, 1.165) is 25.3 Å². The molecule has 0 heterocycles. The zero-order valence-corrected chi connectivity index (χ0v) is 14.0. The lowest BCUT2D eigenvalue weighted by Crippen LogP contribution is -2.37. The average Bonchev–Trinajstić information content (AvgIpc) is 3.00. The molecule has 0 saturated heterocycles. The van der Waals surface area contributed by atoms with Gasteiger partial charge in [-0.05, 0) is 47.9 Å². The van der Waals surface area contributed by atoms with Crippen LogP contribution in [0, 0.1) is 5.92 Å². The molecule has 0 amide bonds. The highest BCUT2D eigenvalue weighted by Gasteiger charge is 2.33. The fourth-order valence-electron chi connectivity index (χ4n) is 3.69. The molecule has 1 unspecified atom stereocenters. The standard InChI is InChI=1S/C20H23F3N2/c21-20(22,23)19-8-4-3-7-17(19)13-25-18(12-24)11-14-9-15-5-1-2-6-16(15)10-14/h1-8,14,18,25H,9-13,24H2. The number of halogens is 3. The molecule has 25 heavy (non-hydrogen) atoms. The van der Waals surface area contributed by atoms with Gasteiger partial charge in [-0.3, -0.25) is 0 Å². The van der Waals surface area contributed by atoms with Crippen molar-refractivity contribution < 1.29 is 13.2 Å². The van der Waals surface area contributed by atoms with E-state index >= 15 is 0 Å². The molecule has 0 aromatic heterocycles. The Labute approximate surface area is 146 Å². The summed E-state index contributed by atoms with van der Waals surface area (Å²) in [6, 6.07) is 14.1. The zero-order valence-electron chi connectivity index (χ0n) is 14.0. The van der Waals surface area contributed by atoms with Crippen molar-refractivity contribution in [2.75, 3.05) is 6.54 Å². The van der Waals surface area contributed by atoms with E-state index in [-0.39, 0.29) is 18.2 Å². The van der Waals surface area contributed by atoms with Crippen LogP contribution in [-0.4, -0.2) is 12.6 Å². The molecule has 2 aromatic rings. The molecule has 0 radical (unpaired) electrons. The van der Waals surface area contributed by atoms with Crippen LogP contribution in [0.3, 0.4) is 0 Å². The van der Waals surface area contributed by atoms with Gasteiger partial charge < -0.3 is 11.1 Å². The summed E-state index contributed by atoms with van der Waals surface area (Å²) in [5.74, 6) is 0.497. The molecule has 3 rings (SSSR count). The topological polar surface area (TPSA) is 38.0 Å². The Morgan fingerprint density at radius 2 is 1.60 bits per heavy atom. The van der Waals surface area contributed by atoms with Crippen molar-refractivity contribution in [3.63, 3.8) is 0 Å². The average molecular weight is 348 g/mol. The second-order valence-corrected chi connectivity index (χ2v) is 6.75. The maximum Gasteiger partial charge on any atom is 0.416 e. The minimum atomic E-state index is -4.33. The second-order valence-electron chi connectivity index (χ2n) is 6.75. The first-order chi connectivity index (χ1) is 12.0. The molecule has 5 heteroatoms. The zero-order chi connectivity index (χ0) is 17.9. The van der Waals surface area contributed by atoms with Crippen LogP contribution in [0.1, 0.15) is 28.7 Å². The predicted molar refractivity (Wildman–Crippen MR) is 93.1 cm³/mol. The fourth-order valence-corrected chi connectivity index (χ4v) is 3.69. The Balaban J connectivity index is 1.59. The molecule has 1 aliphatic carbocycles. The lowest BCUT2D eigenvalue weighted by atomic mass is 9.96. The van der Waals surface area contributed by atoms with Crippen LogP contribution in [0.4, 0.5) is 13.2 Å². The molecule has 0 fully saturated rings. The third kappa shape index (κ3) is 4.41. The van der Waals surface area contributed by atoms with Gasteiger partial charge in [-0.15, -0.1) is 0 Å². The number of rotatable bonds is 6. The molecule has 0 aliphatic heterocycles. The Bertz CT molecular complexity index is 687. The van der Waals surface area contributed by atoms with Gasteiger partial charge in [0, 0.05) is 19.1 Å². The lowest BCUT2D eigenvalue weighted by molar-refractivity contribution is -0.138. The molecule has 134 valence electrons. The number of hydrogen-bond acceptors (Lipinski definition) is 2. The highest BCUT2D eigenvalue weighted by Crippen LogP contribution is 2.32. The molecule has 0 bridgehead atoms. The summed E-state index contributed by atoms with van der Waals surface area (Å²) >= 11 is 0. The van der Waals surface area contributed by atoms with Gasteiger partial charge in [0.2, 0.25) is 0 Å². The van der Waals surface area contributed by atoms with Gasteiger partial charge in [-0.1, -0.05) is 42.5 Å². The molecular weight excluding hydrogens is 325 g/mol. The Morgan fingerprint density at radius 1 is 1.00 bits per heavy atom. The Morgan fingerprint density at radius 3 is 2.20 bits per heavy atom. The van der Waals surface area contributed by atoms with Crippen molar-refractivity contribution in [1.29, 1.82) is 0 Å². The highest BCUT2D eigenvalue weighted by atomic mass is 19.4. The van der Waals surface area contributed by atoms with Gasteiger partial charge in [0.05, 0.1) is 5.56 Å². The van der Waals surface area contributed by atoms with Crippen molar-refractivity contribution in [1.82, 2.24) is 5.32 Å². The number of alkyl halides is 3. The van der Waals surface area contributed by atoms with E-state index in [9.17, 15) is 13.2 Å². The van der Waals surface area contributed by atoms with Crippen molar-refractivity contribution in [3.8, 4) is 0 Å². The molecule has 2 aromatic carbocycles. The maximum atomic E-state index is 13.1. The second kappa shape index (κ2) is 7.58. The summed E-state index contributed by atoms with van der Waals surface area (Å²) in [4.78, 5) is 0. The lowest BCUT2D eigenvalue weighted by Gasteiger charge is -2.22. The SMILES string of the molecule is NCC(CC1Cc2ccccc2C1)NCc1ccccc1C(F)(F)F.